The lowest BCUT2D eigenvalue weighted by Crippen LogP contribution is -2.49. The molecule has 0 spiro atoms. The molecule has 3 aliphatic rings. The number of halogens is 1. The summed E-state index contributed by atoms with van der Waals surface area (Å²) in [5.74, 6) is 2.13. The molecule has 5 heteroatoms. The lowest BCUT2D eigenvalue weighted by Gasteiger charge is -2.38. The number of rotatable bonds is 7. The maximum atomic E-state index is 13.0. The summed E-state index contributed by atoms with van der Waals surface area (Å²) < 4.78 is 0. The van der Waals surface area contributed by atoms with E-state index in [1.807, 2.05) is 7.05 Å². The Labute approximate surface area is 160 Å². The van der Waals surface area contributed by atoms with Crippen LogP contribution >= 0.6 is 12.4 Å². The third-order valence-corrected chi connectivity index (χ3v) is 6.48. The molecular formula is C20H38ClN3O. The van der Waals surface area contributed by atoms with E-state index in [0.717, 1.165) is 31.5 Å². The Balaban J connectivity index is 0.00000225. The summed E-state index contributed by atoms with van der Waals surface area (Å²) in [6.07, 6.45) is 11.4. The van der Waals surface area contributed by atoms with Crippen molar-refractivity contribution in [1.29, 1.82) is 0 Å². The molecule has 1 N–H and O–H groups in total. The van der Waals surface area contributed by atoms with Crippen molar-refractivity contribution in [2.75, 3.05) is 33.2 Å². The zero-order chi connectivity index (χ0) is 16.9. The quantitative estimate of drug-likeness (QED) is 0.745. The van der Waals surface area contributed by atoms with Crippen LogP contribution in [-0.2, 0) is 4.79 Å². The van der Waals surface area contributed by atoms with E-state index in [1.165, 1.54) is 57.8 Å². The lowest BCUT2D eigenvalue weighted by molar-refractivity contribution is -0.136. The number of likely N-dealkylation sites (tertiary alicyclic amines) is 1. The SMILES string of the molecule is CNCCC1CCN(CC(=O)N(C2CCC(C)CC2)C2CC2)CC1.Cl. The van der Waals surface area contributed by atoms with Crippen LogP contribution in [0.15, 0.2) is 0 Å². The molecule has 1 aliphatic heterocycles. The molecule has 0 aromatic heterocycles. The summed E-state index contributed by atoms with van der Waals surface area (Å²) >= 11 is 0. The first kappa shape index (κ1) is 21.0. The molecule has 3 fully saturated rings. The number of piperidine rings is 1. The Hall–Kier alpha value is -0.320. The van der Waals surface area contributed by atoms with Crippen molar-refractivity contribution in [3.63, 3.8) is 0 Å². The summed E-state index contributed by atoms with van der Waals surface area (Å²) in [5, 5.41) is 3.26. The summed E-state index contributed by atoms with van der Waals surface area (Å²) in [6, 6.07) is 1.11. The van der Waals surface area contributed by atoms with E-state index in [0.29, 0.717) is 24.5 Å². The van der Waals surface area contributed by atoms with Gasteiger partial charge >= 0.3 is 0 Å². The average molecular weight is 372 g/mol. The number of hydrogen-bond acceptors (Lipinski definition) is 3. The van der Waals surface area contributed by atoms with E-state index in [1.54, 1.807) is 0 Å². The number of carbonyl (C=O) groups is 1. The van der Waals surface area contributed by atoms with E-state index in [-0.39, 0.29) is 12.4 Å². The Morgan fingerprint density at radius 2 is 1.56 bits per heavy atom. The van der Waals surface area contributed by atoms with Crippen molar-refractivity contribution in [2.24, 2.45) is 11.8 Å². The van der Waals surface area contributed by atoms with E-state index in [4.69, 9.17) is 0 Å². The summed E-state index contributed by atoms with van der Waals surface area (Å²) in [4.78, 5) is 17.7. The predicted octanol–water partition coefficient (Wildman–Crippen LogP) is 3.30. The van der Waals surface area contributed by atoms with Crippen molar-refractivity contribution < 1.29 is 4.79 Å². The number of nitrogens with one attached hydrogen (secondary N) is 1. The molecule has 0 radical (unpaired) electrons. The van der Waals surface area contributed by atoms with Crippen LogP contribution in [0.2, 0.25) is 0 Å². The van der Waals surface area contributed by atoms with E-state index < -0.39 is 0 Å². The largest absolute Gasteiger partial charge is 0.336 e. The normalized spacial score (nSPS) is 28.4. The fraction of sp³-hybridized carbons (Fsp3) is 0.950. The molecule has 0 unspecified atom stereocenters. The molecule has 1 amide bonds. The van der Waals surface area contributed by atoms with Crippen LogP contribution in [0.1, 0.15) is 64.7 Å². The van der Waals surface area contributed by atoms with Crippen molar-refractivity contribution in [1.82, 2.24) is 15.1 Å². The summed E-state index contributed by atoms with van der Waals surface area (Å²) in [5.41, 5.74) is 0. The van der Waals surface area contributed by atoms with Gasteiger partial charge in [0.1, 0.15) is 0 Å². The van der Waals surface area contributed by atoms with Crippen LogP contribution in [0.3, 0.4) is 0 Å². The predicted molar refractivity (Wildman–Crippen MR) is 106 cm³/mol. The van der Waals surface area contributed by atoms with Crippen molar-refractivity contribution in [3.8, 4) is 0 Å². The minimum absolute atomic E-state index is 0. The highest BCUT2D eigenvalue weighted by Gasteiger charge is 2.38. The first-order valence-electron chi connectivity index (χ1n) is 10.4. The van der Waals surface area contributed by atoms with Crippen molar-refractivity contribution in [2.45, 2.75) is 76.8 Å². The van der Waals surface area contributed by atoms with Gasteiger partial charge in [0.05, 0.1) is 6.54 Å². The second-order valence-corrected chi connectivity index (χ2v) is 8.56. The fourth-order valence-electron chi connectivity index (χ4n) is 4.63. The van der Waals surface area contributed by atoms with Crippen LogP contribution in [0.25, 0.3) is 0 Å². The van der Waals surface area contributed by atoms with Crippen molar-refractivity contribution >= 4 is 18.3 Å². The third-order valence-electron chi connectivity index (χ3n) is 6.48. The Kier molecular flexibility index (Phi) is 8.50. The van der Waals surface area contributed by atoms with Gasteiger partial charge in [0.15, 0.2) is 0 Å². The van der Waals surface area contributed by atoms with Crippen LogP contribution < -0.4 is 5.32 Å². The molecular weight excluding hydrogens is 334 g/mol. The van der Waals surface area contributed by atoms with Gasteiger partial charge in [-0.15, -0.1) is 12.4 Å². The molecule has 0 aromatic rings. The molecule has 3 rings (SSSR count). The monoisotopic (exact) mass is 371 g/mol. The number of hydrogen-bond donors (Lipinski definition) is 1. The van der Waals surface area contributed by atoms with E-state index in [9.17, 15) is 4.79 Å². The highest BCUT2D eigenvalue weighted by molar-refractivity contribution is 5.85. The molecule has 0 aromatic carbocycles. The van der Waals surface area contributed by atoms with E-state index >= 15 is 0 Å². The molecule has 1 heterocycles. The number of nitrogens with zero attached hydrogens (tertiary/aromatic N) is 2. The van der Waals surface area contributed by atoms with Crippen LogP contribution in [0.4, 0.5) is 0 Å². The zero-order valence-electron chi connectivity index (χ0n) is 16.2. The molecule has 4 nitrogen and oxygen atoms in total. The molecule has 0 atom stereocenters. The van der Waals surface area contributed by atoms with Gasteiger partial charge in [0, 0.05) is 12.1 Å². The fourth-order valence-corrected chi connectivity index (χ4v) is 4.63. The van der Waals surface area contributed by atoms with Crippen LogP contribution in [0.5, 0.6) is 0 Å². The summed E-state index contributed by atoms with van der Waals surface area (Å²) in [7, 11) is 2.03. The Morgan fingerprint density at radius 1 is 1.00 bits per heavy atom. The maximum absolute atomic E-state index is 13.0. The molecule has 2 aliphatic carbocycles. The van der Waals surface area contributed by atoms with Gasteiger partial charge in [-0.05, 0) is 96.3 Å². The number of amides is 1. The third kappa shape index (κ3) is 6.11. The zero-order valence-corrected chi connectivity index (χ0v) is 17.0. The summed E-state index contributed by atoms with van der Waals surface area (Å²) in [6.45, 7) is 6.37. The average Bonchev–Trinajstić information content (AvgIpc) is 3.41. The van der Waals surface area contributed by atoms with Crippen LogP contribution in [-0.4, -0.2) is 61.0 Å². The number of carbonyl (C=O) groups excluding carboxylic acids is 1. The standard InChI is InChI=1S/C20H37N3O.ClH/c1-16-3-5-18(6-4-16)23(19-7-8-19)20(24)15-22-13-10-17(11-14-22)9-12-21-2;/h16-19,21H,3-15H2,1-2H3;1H. The van der Waals surface area contributed by atoms with E-state index in [2.05, 4.69) is 22.0 Å². The van der Waals surface area contributed by atoms with Gasteiger partial charge in [-0.25, -0.2) is 0 Å². The minimum Gasteiger partial charge on any atom is -0.336 e. The van der Waals surface area contributed by atoms with Gasteiger partial charge in [-0.2, -0.15) is 0 Å². The highest BCUT2D eigenvalue weighted by atomic mass is 35.5. The van der Waals surface area contributed by atoms with Crippen LogP contribution in [0, 0.1) is 11.8 Å². The first-order valence-corrected chi connectivity index (χ1v) is 10.4. The molecule has 0 bridgehead atoms. The molecule has 146 valence electrons. The lowest BCUT2D eigenvalue weighted by atomic mass is 9.86. The molecule has 1 saturated heterocycles. The molecule has 2 saturated carbocycles. The van der Waals surface area contributed by atoms with Gasteiger partial charge in [0.25, 0.3) is 0 Å². The van der Waals surface area contributed by atoms with Gasteiger partial charge in [-0.1, -0.05) is 6.92 Å². The Bertz CT molecular complexity index is 400. The highest BCUT2D eigenvalue weighted by Crippen LogP contribution is 2.35. The van der Waals surface area contributed by atoms with Gasteiger partial charge < -0.3 is 10.2 Å². The smallest absolute Gasteiger partial charge is 0.237 e. The van der Waals surface area contributed by atoms with Crippen molar-refractivity contribution in [3.05, 3.63) is 0 Å². The second-order valence-electron chi connectivity index (χ2n) is 8.56. The maximum Gasteiger partial charge on any atom is 0.237 e. The first-order chi connectivity index (χ1) is 11.7. The van der Waals surface area contributed by atoms with Gasteiger partial charge in [0.2, 0.25) is 5.91 Å². The van der Waals surface area contributed by atoms with Gasteiger partial charge in [-0.3, -0.25) is 9.69 Å². The second kappa shape index (κ2) is 10.1. The Morgan fingerprint density at radius 3 is 2.08 bits per heavy atom. The topological polar surface area (TPSA) is 35.6 Å². The molecule has 25 heavy (non-hydrogen) atoms. The minimum atomic E-state index is 0.